The van der Waals surface area contributed by atoms with Crippen molar-refractivity contribution >= 4 is 34.0 Å². The number of nitrogens with one attached hydrogen (secondary N) is 1. The van der Waals surface area contributed by atoms with Crippen LogP contribution in [0.1, 0.15) is 37.5 Å². The number of fused-ring (bicyclic) bond motifs is 1. The Hall–Kier alpha value is -4.59. The summed E-state index contributed by atoms with van der Waals surface area (Å²) in [6.45, 7) is 5.42. The number of anilines is 2. The van der Waals surface area contributed by atoms with Crippen molar-refractivity contribution in [1.29, 1.82) is 5.26 Å². The van der Waals surface area contributed by atoms with E-state index in [1.54, 1.807) is 54.2 Å². The van der Waals surface area contributed by atoms with E-state index in [1.807, 2.05) is 20.8 Å². The van der Waals surface area contributed by atoms with E-state index in [9.17, 15) is 15.2 Å². The van der Waals surface area contributed by atoms with Gasteiger partial charge in [-0.3, -0.25) is 4.79 Å². The zero-order valence-corrected chi connectivity index (χ0v) is 23.0. The predicted molar refractivity (Wildman–Crippen MR) is 150 cm³/mol. The lowest BCUT2D eigenvalue weighted by molar-refractivity contribution is -0.656. The molecule has 3 aromatic heterocycles. The third-order valence-corrected chi connectivity index (χ3v) is 6.87. The van der Waals surface area contributed by atoms with Crippen LogP contribution in [-0.2, 0) is 19.1 Å². The van der Waals surface area contributed by atoms with E-state index >= 15 is 4.39 Å². The highest BCUT2D eigenvalue weighted by molar-refractivity contribution is 6.30. The van der Waals surface area contributed by atoms with Crippen molar-refractivity contribution in [2.24, 2.45) is 7.05 Å². The number of aryl methyl sites for hydroxylation is 1. The van der Waals surface area contributed by atoms with E-state index in [-0.39, 0.29) is 27.9 Å². The lowest BCUT2D eigenvalue weighted by Gasteiger charge is -2.20. The van der Waals surface area contributed by atoms with Crippen molar-refractivity contribution in [2.45, 2.75) is 32.8 Å². The van der Waals surface area contributed by atoms with Crippen molar-refractivity contribution in [3.8, 4) is 17.4 Å². The van der Waals surface area contributed by atoms with Crippen LogP contribution in [0.4, 0.5) is 16.0 Å². The molecule has 0 aliphatic carbocycles. The number of aliphatic hydroxyl groups excluding tert-OH is 1. The average molecular weight is 559 g/mol. The molecule has 3 heterocycles. The second-order valence-electron chi connectivity index (χ2n) is 10.4. The van der Waals surface area contributed by atoms with Crippen LogP contribution in [-0.4, -0.2) is 24.7 Å². The van der Waals surface area contributed by atoms with E-state index in [2.05, 4.69) is 21.6 Å². The van der Waals surface area contributed by atoms with Gasteiger partial charge in [0.05, 0.1) is 47.8 Å². The molecule has 0 aliphatic heterocycles. The molecule has 2 aromatic carbocycles. The Morgan fingerprint density at radius 3 is 2.62 bits per heavy atom. The number of aliphatic hydroxyl groups is 1. The highest BCUT2D eigenvalue weighted by Gasteiger charge is 2.22. The smallest absolute Gasteiger partial charge is 0.282 e. The van der Waals surface area contributed by atoms with Crippen LogP contribution >= 0.6 is 11.6 Å². The number of hydrogen-bond acceptors (Lipinski definition) is 6. The van der Waals surface area contributed by atoms with Crippen LogP contribution in [0.2, 0.25) is 5.02 Å². The fourth-order valence-electron chi connectivity index (χ4n) is 4.47. The molecule has 0 fully saturated rings. The molecule has 202 valence electrons. The van der Waals surface area contributed by atoms with Gasteiger partial charge in [-0.25, -0.2) is 19.0 Å². The third-order valence-electron chi connectivity index (χ3n) is 6.64. The van der Waals surface area contributed by atoms with Gasteiger partial charge in [-0.05, 0) is 41.3 Å². The molecule has 9 nitrogen and oxygen atoms in total. The zero-order chi connectivity index (χ0) is 28.8. The molecule has 2 N–H and O–H groups in total. The summed E-state index contributed by atoms with van der Waals surface area (Å²) < 4.78 is 19.5. The van der Waals surface area contributed by atoms with E-state index in [1.165, 1.54) is 23.1 Å². The molecule has 40 heavy (non-hydrogen) atoms. The number of aromatic nitrogens is 5. The number of nitrogens with zero attached hydrogens (tertiary/aromatic N) is 6. The van der Waals surface area contributed by atoms with E-state index in [0.717, 1.165) is 10.2 Å². The summed E-state index contributed by atoms with van der Waals surface area (Å²) >= 11 is 6.04. The molecule has 0 unspecified atom stereocenters. The van der Waals surface area contributed by atoms with Gasteiger partial charge >= 0.3 is 0 Å². The van der Waals surface area contributed by atoms with Gasteiger partial charge in [0.15, 0.2) is 0 Å². The maximum atomic E-state index is 15.2. The Morgan fingerprint density at radius 2 is 1.95 bits per heavy atom. The van der Waals surface area contributed by atoms with Crippen LogP contribution in [0.3, 0.4) is 0 Å². The number of hydrogen-bond donors (Lipinski definition) is 2. The minimum absolute atomic E-state index is 0.0922. The van der Waals surface area contributed by atoms with Crippen LogP contribution < -0.4 is 15.4 Å². The molecule has 5 aromatic rings. The first-order valence-corrected chi connectivity index (χ1v) is 12.8. The standard InChI is InChI=1S/C29H25ClFN7O2/c1-29(2,3)19-10-17-13-33-38(28(40)26(17)22(31)11-19)24-7-5-6-23(21(24)16-39)37-14-18(12-32)27(35-37)34-25-9-8-20(30)15-36(25)4/h5-11,13-15,39H,16H2,1-4H3/p+1. The van der Waals surface area contributed by atoms with Crippen LogP contribution in [0.15, 0.2) is 65.8 Å². The van der Waals surface area contributed by atoms with Gasteiger partial charge in [-0.1, -0.05) is 38.4 Å². The first-order valence-electron chi connectivity index (χ1n) is 12.4. The fourth-order valence-corrected chi connectivity index (χ4v) is 4.68. The number of nitriles is 1. The SMILES string of the molecule is C[n+]1cc(Cl)ccc1Nc1nn(-c2cccc(-n3ncc4cc(C(C)(C)C)cc(F)c4c3=O)c2CO)cc1C#N. The molecule has 0 atom stereocenters. The predicted octanol–water partition coefficient (Wildman–Crippen LogP) is 4.59. The van der Waals surface area contributed by atoms with Gasteiger partial charge in [-0.15, -0.1) is 5.10 Å². The summed E-state index contributed by atoms with van der Waals surface area (Å²) in [5, 5.41) is 33.0. The summed E-state index contributed by atoms with van der Waals surface area (Å²) in [5.41, 5.74) is 1.03. The molecule has 0 radical (unpaired) electrons. The molecule has 0 spiro atoms. The maximum Gasteiger partial charge on any atom is 0.282 e. The van der Waals surface area contributed by atoms with Crippen molar-refractivity contribution in [2.75, 3.05) is 5.32 Å². The van der Waals surface area contributed by atoms with Crippen molar-refractivity contribution in [3.63, 3.8) is 0 Å². The van der Waals surface area contributed by atoms with Crippen molar-refractivity contribution in [1.82, 2.24) is 19.6 Å². The van der Waals surface area contributed by atoms with Crippen LogP contribution in [0.25, 0.3) is 22.1 Å². The second kappa shape index (κ2) is 10.2. The van der Waals surface area contributed by atoms with Gasteiger partial charge in [-0.2, -0.15) is 15.0 Å². The van der Waals surface area contributed by atoms with Crippen LogP contribution in [0, 0.1) is 17.1 Å². The van der Waals surface area contributed by atoms with E-state index in [4.69, 9.17) is 11.6 Å². The molecule has 5 rings (SSSR count). The maximum absolute atomic E-state index is 15.2. The number of benzene rings is 2. The molecule has 0 saturated heterocycles. The lowest BCUT2D eigenvalue weighted by Crippen LogP contribution is -2.31. The normalized spacial score (nSPS) is 11.6. The van der Waals surface area contributed by atoms with Gasteiger partial charge in [0.25, 0.3) is 17.2 Å². The van der Waals surface area contributed by atoms with Gasteiger partial charge in [0.2, 0.25) is 0 Å². The number of pyridine rings is 1. The lowest BCUT2D eigenvalue weighted by atomic mass is 9.86. The zero-order valence-electron chi connectivity index (χ0n) is 22.3. The Kier molecular flexibility index (Phi) is 6.87. The Bertz CT molecular complexity index is 1880. The van der Waals surface area contributed by atoms with Gasteiger partial charge in [0, 0.05) is 17.0 Å². The minimum Gasteiger partial charge on any atom is -0.392 e. The summed E-state index contributed by atoms with van der Waals surface area (Å²) in [7, 11) is 1.80. The number of rotatable bonds is 5. The summed E-state index contributed by atoms with van der Waals surface area (Å²) in [4.78, 5) is 13.5. The summed E-state index contributed by atoms with van der Waals surface area (Å²) in [5.74, 6) is 0.292. The second-order valence-corrected chi connectivity index (χ2v) is 10.8. The molecule has 0 aliphatic rings. The van der Waals surface area contributed by atoms with Gasteiger partial charge < -0.3 is 5.11 Å². The van der Waals surface area contributed by atoms with Crippen LogP contribution in [0.5, 0.6) is 0 Å². The molecular weight excluding hydrogens is 533 g/mol. The highest BCUT2D eigenvalue weighted by atomic mass is 35.5. The van der Waals surface area contributed by atoms with Crippen molar-refractivity contribution < 1.29 is 14.1 Å². The van der Waals surface area contributed by atoms with E-state index < -0.39 is 18.0 Å². The molecule has 0 amide bonds. The Morgan fingerprint density at radius 1 is 1.20 bits per heavy atom. The monoisotopic (exact) mass is 558 g/mol. The topological polar surface area (TPSA) is 113 Å². The molecule has 11 heteroatoms. The molecule has 0 saturated carbocycles. The Labute approximate surface area is 234 Å². The first kappa shape index (κ1) is 27.0. The number of halogens is 2. The molecule has 0 bridgehead atoms. The minimum atomic E-state index is -0.655. The largest absolute Gasteiger partial charge is 0.392 e. The summed E-state index contributed by atoms with van der Waals surface area (Å²) in [6, 6.07) is 13.7. The third kappa shape index (κ3) is 4.81. The van der Waals surface area contributed by atoms with Crippen molar-refractivity contribution in [3.05, 3.63) is 98.9 Å². The van der Waals surface area contributed by atoms with Gasteiger partial charge in [0.1, 0.15) is 23.6 Å². The average Bonchev–Trinajstić information content (AvgIpc) is 3.32. The molecular formula is C29H26ClFN7O2+. The first-order chi connectivity index (χ1) is 19.0. The Balaban J connectivity index is 1.62. The highest BCUT2D eigenvalue weighted by Crippen LogP contribution is 2.28. The summed E-state index contributed by atoms with van der Waals surface area (Å²) in [6.07, 6.45) is 4.67. The quantitative estimate of drug-likeness (QED) is 0.305. The van der Waals surface area contributed by atoms with E-state index in [0.29, 0.717) is 27.5 Å². The fraction of sp³-hybridized carbons (Fsp3) is 0.207.